The highest BCUT2D eigenvalue weighted by atomic mass is 16.5. The average molecular weight is 477 g/mol. The SMILES string of the molecule is CCOC(=O)C1=C(N)N(c2ccccc2)C2=C(C(=O)CC(C)(C)C2)[C@@H]1c1ccc(OC)c(OC)c1. The van der Waals surface area contributed by atoms with E-state index in [1.165, 1.54) is 0 Å². The third-order valence-corrected chi connectivity index (χ3v) is 6.51. The lowest BCUT2D eigenvalue weighted by molar-refractivity contribution is -0.138. The number of nitrogens with two attached hydrogens (primary N) is 1. The van der Waals surface area contributed by atoms with Gasteiger partial charge in [0.25, 0.3) is 0 Å². The van der Waals surface area contributed by atoms with Crippen LogP contribution in [0.15, 0.2) is 71.2 Å². The molecule has 0 fully saturated rings. The first kappa shape index (κ1) is 24.4. The summed E-state index contributed by atoms with van der Waals surface area (Å²) in [7, 11) is 3.11. The molecule has 2 aliphatic rings. The van der Waals surface area contributed by atoms with Crippen molar-refractivity contribution in [2.75, 3.05) is 25.7 Å². The third kappa shape index (κ3) is 4.38. The van der Waals surface area contributed by atoms with Gasteiger partial charge in [-0.05, 0) is 48.6 Å². The fourth-order valence-electron chi connectivity index (χ4n) is 5.06. The molecule has 2 aromatic carbocycles. The molecule has 0 aromatic heterocycles. The Morgan fingerprint density at radius 1 is 1.06 bits per heavy atom. The molecule has 7 nitrogen and oxygen atoms in total. The molecule has 0 spiro atoms. The summed E-state index contributed by atoms with van der Waals surface area (Å²) in [5.74, 6) is 0.0770. The molecule has 2 aromatic rings. The minimum absolute atomic E-state index is 0.00809. The maximum atomic E-state index is 13.8. The first-order valence-electron chi connectivity index (χ1n) is 11.7. The van der Waals surface area contributed by atoms with Gasteiger partial charge in [-0.25, -0.2) is 4.79 Å². The van der Waals surface area contributed by atoms with Crippen molar-refractivity contribution in [3.8, 4) is 11.5 Å². The Kier molecular flexibility index (Phi) is 6.61. The van der Waals surface area contributed by atoms with Crippen LogP contribution in [0.4, 0.5) is 5.69 Å². The summed E-state index contributed by atoms with van der Waals surface area (Å²) in [4.78, 5) is 29.0. The van der Waals surface area contributed by atoms with Gasteiger partial charge in [-0.1, -0.05) is 38.1 Å². The molecular formula is C28H32N2O5. The summed E-state index contributed by atoms with van der Waals surface area (Å²) in [6, 6.07) is 15.0. The zero-order valence-electron chi connectivity index (χ0n) is 20.9. The molecule has 35 heavy (non-hydrogen) atoms. The van der Waals surface area contributed by atoms with Crippen LogP contribution in [0, 0.1) is 5.41 Å². The van der Waals surface area contributed by atoms with Crippen LogP contribution in [0.5, 0.6) is 11.5 Å². The topological polar surface area (TPSA) is 91.1 Å². The predicted octanol–water partition coefficient (Wildman–Crippen LogP) is 4.68. The molecule has 1 atom stereocenters. The van der Waals surface area contributed by atoms with Gasteiger partial charge in [-0.3, -0.25) is 9.69 Å². The molecule has 0 bridgehead atoms. The Bertz CT molecular complexity index is 1210. The second-order valence-corrected chi connectivity index (χ2v) is 9.54. The van der Waals surface area contributed by atoms with E-state index in [0.717, 1.165) is 11.4 Å². The van der Waals surface area contributed by atoms with Crippen molar-refractivity contribution in [3.05, 3.63) is 76.8 Å². The van der Waals surface area contributed by atoms with Crippen LogP contribution in [0.2, 0.25) is 0 Å². The number of rotatable bonds is 6. The van der Waals surface area contributed by atoms with Gasteiger partial charge >= 0.3 is 5.97 Å². The molecule has 0 radical (unpaired) electrons. The minimum Gasteiger partial charge on any atom is -0.493 e. The highest BCUT2D eigenvalue weighted by Gasteiger charge is 2.46. The summed E-state index contributed by atoms with van der Waals surface area (Å²) in [6.07, 6.45) is 0.998. The number of Topliss-reactive ketones (excluding diaryl/α,β-unsaturated/α-hetero) is 1. The van der Waals surface area contributed by atoms with Crippen molar-refractivity contribution >= 4 is 17.4 Å². The fraction of sp³-hybridized carbons (Fsp3) is 0.357. The zero-order valence-corrected chi connectivity index (χ0v) is 20.9. The quantitative estimate of drug-likeness (QED) is 0.605. The van der Waals surface area contributed by atoms with Gasteiger partial charge in [0.1, 0.15) is 5.82 Å². The normalized spacial score (nSPS) is 19.4. The molecule has 0 saturated heterocycles. The van der Waals surface area contributed by atoms with E-state index in [1.807, 2.05) is 41.3 Å². The van der Waals surface area contributed by atoms with Crippen molar-refractivity contribution < 1.29 is 23.8 Å². The molecular weight excluding hydrogens is 444 g/mol. The van der Waals surface area contributed by atoms with Crippen molar-refractivity contribution in [3.63, 3.8) is 0 Å². The number of hydrogen-bond donors (Lipinski definition) is 1. The highest BCUT2D eigenvalue weighted by Crippen LogP contribution is 2.51. The van der Waals surface area contributed by atoms with Gasteiger partial charge in [-0.2, -0.15) is 0 Å². The maximum Gasteiger partial charge on any atom is 0.338 e. The lowest BCUT2D eigenvalue weighted by Crippen LogP contribution is -2.43. The standard InChI is InChI=1S/C28H32N2O5/c1-6-35-27(32)25-23(17-12-13-21(33-4)22(14-17)34-5)24-19(15-28(2,3)16-20(24)31)30(26(25)29)18-10-8-7-9-11-18/h7-14,23H,6,15-16,29H2,1-5H3/t23-/m0/s1. The number of ether oxygens (including phenoxy) is 3. The van der Waals surface area contributed by atoms with Crippen LogP contribution >= 0.6 is 0 Å². The third-order valence-electron chi connectivity index (χ3n) is 6.51. The van der Waals surface area contributed by atoms with Crippen LogP contribution in [0.3, 0.4) is 0 Å². The van der Waals surface area contributed by atoms with Gasteiger partial charge in [0.2, 0.25) is 0 Å². The number of benzene rings is 2. The van der Waals surface area contributed by atoms with Crippen LogP contribution < -0.4 is 20.1 Å². The summed E-state index contributed by atoms with van der Waals surface area (Å²) >= 11 is 0. The van der Waals surface area contributed by atoms with Crippen LogP contribution in [-0.2, 0) is 14.3 Å². The number of ketones is 1. The Balaban J connectivity index is 2.03. The number of nitrogens with zero attached hydrogens (tertiary/aromatic N) is 1. The van der Waals surface area contributed by atoms with Crippen LogP contribution in [0.1, 0.15) is 45.1 Å². The first-order chi connectivity index (χ1) is 16.7. The number of esters is 1. The number of hydrogen-bond acceptors (Lipinski definition) is 7. The van der Waals surface area contributed by atoms with Gasteiger partial charge in [-0.15, -0.1) is 0 Å². The average Bonchev–Trinajstić information content (AvgIpc) is 2.82. The van der Waals surface area contributed by atoms with E-state index in [9.17, 15) is 9.59 Å². The van der Waals surface area contributed by atoms with E-state index in [0.29, 0.717) is 35.5 Å². The summed E-state index contributed by atoms with van der Waals surface area (Å²) in [5.41, 5.74) is 9.65. The van der Waals surface area contributed by atoms with E-state index in [4.69, 9.17) is 19.9 Å². The number of para-hydroxylation sites is 1. The second-order valence-electron chi connectivity index (χ2n) is 9.54. The van der Waals surface area contributed by atoms with E-state index < -0.39 is 11.9 Å². The molecule has 2 N–H and O–H groups in total. The number of carbonyl (C=O) groups excluding carboxylic acids is 2. The molecule has 7 heteroatoms. The maximum absolute atomic E-state index is 13.8. The van der Waals surface area contributed by atoms with Crippen LogP contribution in [0.25, 0.3) is 0 Å². The van der Waals surface area contributed by atoms with Gasteiger partial charge in [0.15, 0.2) is 17.3 Å². The number of carbonyl (C=O) groups is 2. The van der Waals surface area contributed by atoms with Crippen molar-refractivity contribution in [1.82, 2.24) is 0 Å². The van der Waals surface area contributed by atoms with Gasteiger partial charge < -0.3 is 19.9 Å². The van der Waals surface area contributed by atoms with Gasteiger partial charge in [0.05, 0.1) is 32.3 Å². The molecule has 0 amide bonds. The Hall–Kier alpha value is -3.74. The van der Waals surface area contributed by atoms with E-state index in [2.05, 4.69) is 13.8 Å². The lowest BCUT2D eigenvalue weighted by atomic mass is 9.68. The van der Waals surface area contributed by atoms with Crippen molar-refractivity contribution in [1.29, 1.82) is 0 Å². The zero-order chi connectivity index (χ0) is 25.3. The van der Waals surface area contributed by atoms with Crippen molar-refractivity contribution in [2.45, 2.75) is 39.5 Å². The molecule has 0 unspecified atom stereocenters. The number of allylic oxidation sites excluding steroid dienone is 2. The molecule has 184 valence electrons. The summed E-state index contributed by atoms with van der Waals surface area (Å²) < 4.78 is 16.4. The monoisotopic (exact) mass is 476 g/mol. The van der Waals surface area contributed by atoms with E-state index in [-0.39, 0.29) is 29.2 Å². The Morgan fingerprint density at radius 2 is 1.74 bits per heavy atom. The molecule has 1 aliphatic carbocycles. The molecule has 0 saturated carbocycles. The summed E-state index contributed by atoms with van der Waals surface area (Å²) in [6.45, 7) is 6.08. The largest absolute Gasteiger partial charge is 0.493 e. The van der Waals surface area contributed by atoms with Crippen LogP contribution in [-0.4, -0.2) is 32.6 Å². The lowest BCUT2D eigenvalue weighted by Gasteiger charge is -2.44. The molecule has 1 aliphatic heterocycles. The van der Waals surface area contributed by atoms with Crippen molar-refractivity contribution in [2.24, 2.45) is 11.1 Å². The first-order valence-corrected chi connectivity index (χ1v) is 11.7. The summed E-state index contributed by atoms with van der Waals surface area (Å²) in [5, 5.41) is 0. The second kappa shape index (κ2) is 9.49. The predicted molar refractivity (Wildman–Crippen MR) is 134 cm³/mol. The molecule has 1 heterocycles. The highest BCUT2D eigenvalue weighted by molar-refractivity contribution is 6.05. The smallest absolute Gasteiger partial charge is 0.338 e. The minimum atomic E-state index is -0.688. The molecule has 4 rings (SSSR count). The Morgan fingerprint density at radius 3 is 2.37 bits per heavy atom. The number of anilines is 1. The Labute approximate surface area is 206 Å². The fourth-order valence-corrected chi connectivity index (χ4v) is 5.06. The van der Waals surface area contributed by atoms with Gasteiger partial charge in [0, 0.05) is 23.4 Å². The van der Waals surface area contributed by atoms with E-state index >= 15 is 0 Å². The number of methoxy groups -OCH3 is 2. The van der Waals surface area contributed by atoms with E-state index in [1.54, 1.807) is 33.3 Å².